The number of hydrogen-bond acceptors (Lipinski definition) is 2. The lowest BCUT2D eigenvalue weighted by Gasteiger charge is -2.38. The van der Waals surface area contributed by atoms with E-state index >= 15 is 0 Å². The summed E-state index contributed by atoms with van der Waals surface area (Å²) in [4.78, 5) is 4.57. The van der Waals surface area contributed by atoms with Crippen LogP contribution in [0.4, 0.5) is 0 Å². The van der Waals surface area contributed by atoms with Gasteiger partial charge in [-0.2, -0.15) is 0 Å². The predicted molar refractivity (Wildman–Crippen MR) is 88.4 cm³/mol. The van der Waals surface area contributed by atoms with Crippen LogP contribution in [0.25, 0.3) is 10.8 Å². The van der Waals surface area contributed by atoms with Crippen molar-refractivity contribution < 1.29 is 4.43 Å². The molecule has 1 atom stereocenters. The average molecular weight is 287 g/mol. The molecular formula is C17H25NOSi. The molecule has 0 aliphatic carbocycles. The number of aromatic nitrogens is 1. The van der Waals surface area contributed by atoms with Gasteiger partial charge in [-0.1, -0.05) is 45.0 Å². The zero-order chi connectivity index (χ0) is 15.0. The maximum Gasteiger partial charge on any atom is 0.192 e. The molecule has 0 N–H and O–H groups in total. The lowest BCUT2D eigenvalue weighted by Crippen LogP contribution is -2.41. The van der Waals surface area contributed by atoms with Gasteiger partial charge in [0.15, 0.2) is 8.32 Å². The van der Waals surface area contributed by atoms with E-state index < -0.39 is 8.32 Å². The third-order valence-electron chi connectivity index (χ3n) is 4.35. The molecule has 0 saturated carbocycles. The Bertz CT molecular complexity index is 601. The summed E-state index contributed by atoms with van der Waals surface area (Å²) in [5.41, 5.74) is 1.02. The highest BCUT2D eigenvalue weighted by Crippen LogP contribution is 2.39. The molecule has 0 unspecified atom stereocenters. The summed E-state index contributed by atoms with van der Waals surface area (Å²) in [6.45, 7) is 13.5. The summed E-state index contributed by atoms with van der Waals surface area (Å²) < 4.78 is 6.41. The van der Waals surface area contributed by atoms with E-state index in [4.69, 9.17) is 4.43 Å². The van der Waals surface area contributed by atoms with E-state index in [9.17, 15) is 0 Å². The number of nitrogens with zero attached hydrogens (tertiary/aromatic N) is 1. The van der Waals surface area contributed by atoms with Crippen LogP contribution >= 0.6 is 0 Å². The minimum Gasteiger partial charge on any atom is -0.409 e. The summed E-state index contributed by atoms with van der Waals surface area (Å²) >= 11 is 0. The fourth-order valence-electron chi connectivity index (χ4n) is 2.00. The van der Waals surface area contributed by atoms with Gasteiger partial charge in [0.25, 0.3) is 0 Å². The molecule has 0 amide bonds. The molecule has 0 radical (unpaired) electrons. The van der Waals surface area contributed by atoms with Crippen LogP contribution in [0.3, 0.4) is 0 Å². The van der Waals surface area contributed by atoms with Crippen molar-refractivity contribution in [3.05, 3.63) is 42.2 Å². The minimum absolute atomic E-state index is 0.0421. The van der Waals surface area contributed by atoms with Crippen molar-refractivity contribution in [2.45, 2.75) is 51.9 Å². The van der Waals surface area contributed by atoms with Gasteiger partial charge in [0.1, 0.15) is 0 Å². The fraction of sp³-hybridized carbons (Fsp3) is 0.471. The second-order valence-corrected chi connectivity index (χ2v) is 11.7. The van der Waals surface area contributed by atoms with Gasteiger partial charge >= 0.3 is 0 Å². The summed E-state index contributed by atoms with van der Waals surface area (Å²) in [6, 6.07) is 10.5. The van der Waals surface area contributed by atoms with Crippen molar-refractivity contribution in [3.8, 4) is 0 Å². The molecule has 1 aromatic carbocycles. The average Bonchev–Trinajstić information content (AvgIpc) is 2.36. The first-order valence-electron chi connectivity index (χ1n) is 7.23. The molecule has 108 valence electrons. The smallest absolute Gasteiger partial charge is 0.192 e. The predicted octanol–water partition coefficient (Wildman–Crippen LogP) is 5.32. The summed E-state index contributed by atoms with van der Waals surface area (Å²) in [7, 11) is -1.76. The Kier molecular flexibility index (Phi) is 4.03. The van der Waals surface area contributed by atoms with E-state index in [1.165, 1.54) is 10.8 Å². The van der Waals surface area contributed by atoms with Gasteiger partial charge in [-0.3, -0.25) is 4.98 Å². The van der Waals surface area contributed by atoms with Gasteiger partial charge in [0, 0.05) is 11.6 Å². The van der Waals surface area contributed by atoms with Crippen molar-refractivity contribution in [1.82, 2.24) is 4.98 Å². The van der Waals surface area contributed by atoms with Crippen LogP contribution in [0.5, 0.6) is 0 Å². The lowest BCUT2D eigenvalue weighted by atomic mass is 10.1. The number of hydrogen-bond donors (Lipinski definition) is 0. The van der Waals surface area contributed by atoms with Gasteiger partial charge in [0.05, 0.1) is 11.8 Å². The van der Waals surface area contributed by atoms with Gasteiger partial charge < -0.3 is 4.43 Å². The van der Waals surface area contributed by atoms with Crippen LogP contribution in [-0.4, -0.2) is 13.3 Å². The molecule has 0 bridgehead atoms. The molecule has 0 fully saturated rings. The topological polar surface area (TPSA) is 22.1 Å². The van der Waals surface area contributed by atoms with Gasteiger partial charge in [-0.25, -0.2) is 0 Å². The molecule has 0 aliphatic rings. The Morgan fingerprint density at radius 1 is 1.10 bits per heavy atom. The Morgan fingerprint density at radius 2 is 1.70 bits per heavy atom. The first-order valence-corrected chi connectivity index (χ1v) is 10.1. The van der Waals surface area contributed by atoms with E-state index in [1.807, 2.05) is 12.3 Å². The van der Waals surface area contributed by atoms with Gasteiger partial charge in [-0.05, 0) is 36.5 Å². The van der Waals surface area contributed by atoms with Crippen molar-refractivity contribution in [3.63, 3.8) is 0 Å². The van der Waals surface area contributed by atoms with E-state index in [-0.39, 0.29) is 11.1 Å². The second-order valence-electron chi connectivity index (χ2n) is 6.98. The molecule has 20 heavy (non-hydrogen) atoms. The van der Waals surface area contributed by atoms with E-state index in [0.29, 0.717) is 0 Å². The van der Waals surface area contributed by atoms with Crippen molar-refractivity contribution in [2.75, 3.05) is 0 Å². The SMILES string of the molecule is C[C@H](O[Si](C)(C)C(C)(C)C)c1cc2ccccc2cn1. The van der Waals surface area contributed by atoms with Crippen molar-refractivity contribution >= 4 is 19.1 Å². The van der Waals surface area contributed by atoms with Gasteiger partial charge in [-0.15, -0.1) is 0 Å². The standard InChI is InChI=1S/C17H25NOSi/c1-13(19-20(5,6)17(2,3)4)16-11-14-9-7-8-10-15(14)12-18-16/h7-13H,1-6H3/t13-/m0/s1. The Balaban J connectivity index is 2.25. The van der Waals surface area contributed by atoms with E-state index in [1.54, 1.807) is 0 Å². The maximum atomic E-state index is 6.41. The quantitative estimate of drug-likeness (QED) is 0.713. The summed E-state index contributed by atoms with van der Waals surface area (Å²) in [5, 5.41) is 2.62. The Labute approximate surface area is 123 Å². The third-order valence-corrected chi connectivity index (χ3v) is 8.90. The van der Waals surface area contributed by atoms with Crippen LogP contribution in [0.1, 0.15) is 39.5 Å². The highest BCUT2D eigenvalue weighted by molar-refractivity contribution is 6.74. The zero-order valence-electron chi connectivity index (χ0n) is 13.4. The van der Waals surface area contributed by atoms with Crippen LogP contribution in [0.2, 0.25) is 18.1 Å². The molecule has 2 aromatic rings. The first-order chi connectivity index (χ1) is 9.21. The molecule has 1 heterocycles. The molecule has 0 aliphatic heterocycles. The highest BCUT2D eigenvalue weighted by Gasteiger charge is 2.38. The minimum atomic E-state index is -1.76. The normalized spacial score (nSPS) is 14.5. The highest BCUT2D eigenvalue weighted by atomic mass is 28.4. The summed E-state index contributed by atoms with van der Waals surface area (Å²) in [6.07, 6.45) is 1.98. The van der Waals surface area contributed by atoms with Crippen molar-refractivity contribution in [1.29, 1.82) is 0 Å². The van der Waals surface area contributed by atoms with Crippen molar-refractivity contribution in [2.24, 2.45) is 0 Å². The van der Waals surface area contributed by atoms with E-state index in [2.05, 4.69) is 70.0 Å². The molecule has 1 aromatic heterocycles. The lowest BCUT2D eigenvalue weighted by molar-refractivity contribution is 0.198. The summed E-state index contributed by atoms with van der Waals surface area (Å²) in [5.74, 6) is 0. The van der Waals surface area contributed by atoms with Gasteiger partial charge in [0.2, 0.25) is 0 Å². The number of benzene rings is 1. The monoisotopic (exact) mass is 287 g/mol. The molecule has 2 rings (SSSR count). The molecule has 0 saturated heterocycles. The van der Waals surface area contributed by atoms with Crippen LogP contribution in [-0.2, 0) is 4.43 Å². The number of rotatable bonds is 3. The molecule has 3 heteroatoms. The van der Waals surface area contributed by atoms with E-state index in [0.717, 1.165) is 5.69 Å². The van der Waals surface area contributed by atoms with Crippen LogP contribution in [0.15, 0.2) is 36.5 Å². The largest absolute Gasteiger partial charge is 0.409 e. The Hall–Kier alpha value is -1.19. The maximum absolute atomic E-state index is 6.41. The molecule has 0 spiro atoms. The Morgan fingerprint density at radius 3 is 2.30 bits per heavy atom. The van der Waals surface area contributed by atoms with Crippen LogP contribution < -0.4 is 0 Å². The molecular weight excluding hydrogens is 262 g/mol. The second kappa shape index (κ2) is 5.30. The first kappa shape index (κ1) is 15.2. The fourth-order valence-corrected chi connectivity index (χ4v) is 3.36. The zero-order valence-corrected chi connectivity index (χ0v) is 14.4. The number of fused-ring (bicyclic) bond motifs is 1. The number of pyridine rings is 1. The molecule has 2 nitrogen and oxygen atoms in total. The third kappa shape index (κ3) is 3.10. The van der Waals surface area contributed by atoms with Crippen LogP contribution in [0, 0.1) is 0 Å².